The first-order valence-electron chi connectivity index (χ1n) is 7.96. The predicted octanol–water partition coefficient (Wildman–Crippen LogP) is 3.59. The number of methoxy groups -OCH3 is 3. The van der Waals surface area contributed by atoms with Gasteiger partial charge < -0.3 is 19.5 Å². The number of nitriles is 1. The van der Waals surface area contributed by atoms with Crippen molar-refractivity contribution in [2.45, 2.75) is 6.54 Å². The molecule has 0 saturated heterocycles. The Bertz CT molecular complexity index is 903. The summed E-state index contributed by atoms with van der Waals surface area (Å²) in [4.78, 5) is 12.4. The molecule has 0 aliphatic heterocycles. The summed E-state index contributed by atoms with van der Waals surface area (Å²) in [5.74, 6) is 1.25. The topological polar surface area (TPSA) is 80.6 Å². The summed E-state index contributed by atoms with van der Waals surface area (Å²) in [5, 5.41) is 12.4. The van der Waals surface area contributed by atoms with E-state index < -0.39 is 5.91 Å². The van der Waals surface area contributed by atoms with Crippen LogP contribution in [0.25, 0.3) is 6.08 Å². The number of rotatable bonds is 7. The van der Waals surface area contributed by atoms with Crippen LogP contribution in [0.1, 0.15) is 11.1 Å². The Morgan fingerprint density at radius 2 is 1.85 bits per heavy atom. The average Bonchev–Trinajstić information content (AvgIpc) is 2.70. The number of carbonyl (C=O) groups is 1. The van der Waals surface area contributed by atoms with Crippen molar-refractivity contribution in [3.63, 3.8) is 0 Å². The summed E-state index contributed by atoms with van der Waals surface area (Å²) in [6.45, 7) is 0.203. The molecule has 2 aromatic rings. The Kier molecular flexibility index (Phi) is 7.09. The van der Waals surface area contributed by atoms with E-state index in [2.05, 4.69) is 5.32 Å². The summed E-state index contributed by atoms with van der Waals surface area (Å²) in [6, 6.07) is 12.2. The third-order valence-electron chi connectivity index (χ3n) is 3.79. The van der Waals surface area contributed by atoms with Crippen LogP contribution in [-0.2, 0) is 11.3 Å². The molecule has 1 amide bonds. The van der Waals surface area contributed by atoms with Crippen molar-refractivity contribution in [2.24, 2.45) is 0 Å². The number of hydrogen-bond acceptors (Lipinski definition) is 5. The molecule has 0 fully saturated rings. The molecule has 27 heavy (non-hydrogen) atoms. The number of nitrogens with one attached hydrogen (secondary N) is 1. The Morgan fingerprint density at radius 3 is 2.44 bits per heavy atom. The van der Waals surface area contributed by atoms with E-state index in [1.165, 1.54) is 20.3 Å². The standard InChI is InChI=1S/C20H19ClN2O4/c1-25-16-6-5-14(19(10-16)27-3)12-23-20(24)15(11-22)8-13-4-7-18(26-2)17(21)9-13/h4-10H,12H2,1-3H3,(H,23,24)/b15-8+. The quantitative estimate of drug-likeness (QED) is 0.581. The van der Waals surface area contributed by atoms with Gasteiger partial charge in [0.1, 0.15) is 28.9 Å². The number of benzene rings is 2. The van der Waals surface area contributed by atoms with Crippen molar-refractivity contribution in [3.05, 3.63) is 58.1 Å². The largest absolute Gasteiger partial charge is 0.497 e. The minimum Gasteiger partial charge on any atom is -0.497 e. The highest BCUT2D eigenvalue weighted by molar-refractivity contribution is 6.32. The fourth-order valence-corrected chi connectivity index (χ4v) is 2.62. The van der Waals surface area contributed by atoms with Gasteiger partial charge in [0.2, 0.25) is 0 Å². The molecule has 0 bridgehead atoms. The van der Waals surface area contributed by atoms with Gasteiger partial charge in [0.15, 0.2) is 0 Å². The van der Waals surface area contributed by atoms with E-state index in [4.69, 9.17) is 25.8 Å². The maximum Gasteiger partial charge on any atom is 0.262 e. The van der Waals surface area contributed by atoms with Crippen molar-refractivity contribution in [1.29, 1.82) is 5.26 Å². The Morgan fingerprint density at radius 1 is 1.11 bits per heavy atom. The van der Waals surface area contributed by atoms with E-state index in [1.54, 1.807) is 43.5 Å². The third-order valence-corrected chi connectivity index (χ3v) is 4.08. The number of hydrogen-bond donors (Lipinski definition) is 1. The van der Waals surface area contributed by atoms with Crippen LogP contribution in [0.4, 0.5) is 0 Å². The second kappa shape index (κ2) is 9.51. The Labute approximate surface area is 162 Å². The molecule has 2 aromatic carbocycles. The number of halogens is 1. The minimum atomic E-state index is -0.498. The van der Waals surface area contributed by atoms with Crippen molar-refractivity contribution in [3.8, 4) is 23.3 Å². The van der Waals surface area contributed by atoms with Crippen LogP contribution < -0.4 is 19.5 Å². The summed E-state index contributed by atoms with van der Waals surface area (Å²) < 4.78 is 15.5. The molecule has 0 radical (unpaired) electrons. The van der Waals surface area contributed by atoms with Crippen LogP contribution in [0.15, 0.2) is 42.0 Å². The monoisotopic (exact) mass is 386 g/mol. The van der Waals surface area contributed by atoms with Gasteiger partial charge in [-0.3, -0.25) is 4.79 Å². The normalized spacial score (nSPS) is 10.7. The van der Waals surface area contributed by atoms with E-state index in [9.17, 15) is 10.1 Å². The number of ether oxygens (including phenoxy) is 3. The van der Waals surface area contributed by atoms with E-state index >= 15 is 0 Å². The predicted molar refractivity (Wildman–Crippen MR) is 103 cm³/mol. The minimum absolute atomic E-state index is 0.0382. The number of carbonyl (C=O) groups excluding carboxylic acids is 1. The molecule has 0 saturated carbocycles. The van der Waals surface area contributed by atoms with Gasteiger partial charge in [-0.05, 0) is 35.9 Å². The van der Waals surface area contributed by atoms with Gasteiger partial charge in [-0.1, -0.05) is 17.7 Å². The highest BCUT2D eigenvalue weighted by Gasteiger charge is 2.12. The zero-order valence-electron chi connectivity index (χ0n) is 15.2. The summed E-state index contributed by atoms with van der Waals surface area (Å²) in [5.41, 5.74) is 1.34. The molecule has 2 rings (SSSR count). The summed E-state index contributed by atoms with van der Waals surface area (Å²) in [6.07, 6.45) is 1.46. The van der Waals surface area contributed by atoms with Crippen LogP contribution >= 0.6 is 11.6 Å². The highest BCUT2D eigenvalue weighted by Crippen LogP contribution is 2.26. The van der Waals surface area contributed by atoms with Crippen molar-refractivity contribution < 1.29 is 19.0 Å². The number of amides is 1. The van der Waals surface area contributed by atoms with Crippen molar-refractivity contribution >= 4 is 23.6 Å². The SMILES string of the molecule is COc1ccc(CNC(=O)/C(C#N)=C/c2ccc(OC)c(Cl)c2)c(OC)c1. The molecular weight excluding hydrogens is 368 g/mol. The van der Waals surface area contributed by atoms with Gasteiger partial charge in [0, 0.05) is 18.2 Å². The van der Waals surface area contributed by atoms with E-state index in [0.29, 0.717) is 27.8 Å². The molecule has 1 N–H and O–H groups in total. The van der Waals surface area contributed by atoms with Gasteiger partial charge in [-0.2, -0.15) is 5.26 Å². The molecule has 0 unspecified atom stereocenters. The lowest BCUT2D eigenvalue weighted by Gasteiger charge is -2.11. The molecule has 6 nitrogen and oxygen atoms in total. The molecule has 0 atom stereocenters. The Hall–Kier alpha value is -3.17. The maximum atomic E-state index is 12.4. The Balaban J connectivity index is 2.14. The summed E-state index contributed by atoms with van der Waals surface area (Å²) in [7, 11) is 4.61. The smallest absolute Gasteiger partial charge is 0.262 e. The van der Waals surface area contributed by atoms with Crippen LogP contribution in [-0.4, -0.2) is 27.2 Å². The van der Waals surface area contributed by atoms with Gasteiger partial charge in [0.05, 0.1) is 26.4 Å². The van der Waals surface area contributed by atoms with Crippen molar-refractivity contribution in [1.82, 2.24) is 5.32 Å². The maximum absolute atomic E-state index is 12.4. The second-order valence-electron chi connectivity index (χ2n) is 5.42. The summed E-state index contributed by atoms with van der Waals surface area (Å²) >= 11 is 6.07. The fraction of sp³-hybridized carbons (Fsp3) is 0.200. The first-order valence-corrected chi connectivity index (χ1v) is 8.34. The molecular formula is C20H19ClN2O4. The zero-order valence-corrected chi connectivity index (χ0v) is 16.0. The first kappa shape index (κ1) is 20.1. The molecule has 0 aliphatic carbocycles. The van der Waals surface area contributed by atoms with Gasteiger partial charge in [0.25, 0.3) is 5.91 Å². The lowest BCUT2D eigenvalue weighted by Crippen LogP contribution is -2.24. The lowest BCUT2D eigenvalue weighted by molar-refractivity contribution is -0.117. The van der Waals surface area contributed by atoms with E-state index in [1.807, 2.05) is 6.07 Å². The van der Waals surface area contributed by atoms with Crippen LogP contribution in [0.2, 0.25) is 5.02 Å². The van der Waals surface area contributed by atoms with Crippen LogP contribution in [0.3, 0.4) is 0 Å². The van der Waals surface area contributed by atoms with Crippen LogP contribution in [0, 0.1) is 11.3 Å². The van der Waals surface area contributed by atoms with Gasteiger partial charge in [-0.25, -0.2) is 0 Å². The van der Waals surface area contributed by atoms with Gasteiger partial charge >= 0.3 is 0 Å². The first-order chi connectivity index (χ1) is 13.0. The number of nitrogens with zero attached hydrogens (tertiary/aromatic N) is 1. The van der Waals surface area contributed by atoms with E-state index in [-0.39, 0.29) is 12.1 Å². The van der Waals surface area contributed by atoms with Crippen LogP contribution in [0.5, 0.6) is 17.2 Å². The van der Waals surface area contributed by atoms with Gasteiger partial charge in [-0.15, -0.1) is 0 Å². The van der Waals surface area contributed by atoms with Crippen molar-refractivity contribution in [2.75, 3.05) is 21.3 Å². The third kappa shape index (κ3) is 5.16. The molecule has 0 spiro atoms. The molecule has 7 heteroatoms. The fourth-order valence-electron chi connectivity index (χ4n) is 2.36. The molecule has 0 aromatic heterocycles. The highest BCUT2D eigenvalue weighted by atomic mass is 35.5. The lowest BCUT2D eigenvalue weighted by atomic mass is 10.1. The van der Waals surface area contributed by atoms with E-state index in [0.717, 1.165) is 5.56 Å². The second-order valence-corrected chi connectivity index (χ2v) is 5.83. The average molecular weight is 387 g/mol. The molecule has 0 heterocycles. The molecule has 0 aliphatic rings. The zero-order chi connectivity index (χ0) is 19.8. The molecule has 140 valence electrons.